The van der Waals surface area contributed by atoms with Crippen LogP contribution < -0.4 is 5.56 Å². The topological polar surface area (TPSA) is 102 Å². The summed E-state index contributed by atoms with van der Waals surface area (Å²) >= 11 is 0. The number of fused-ring (bicyclic) bond motifs is 5. The van der Waals surface area contributed by atoms with Gasteiger partial charge in [-0.2, -0.15) is 0 Å². The van der Waals surface area contributed by atoms with Crippen molar-refractivity contribution in [2.24, 2.45) is 0 Å². The van der Waals surface area contributed by atoms with Crippen molar-refractivity contribution in [2.75, 3.05) is 0 Å². The van der Waals surface area contributed by atoms with E-state index in [0.717, 1.165) is 0 Å². The van der Waals surface area contributed by atoms with Crippen LogP contribution in [0.15, 0.2) is 35.1 Å². The lowest BCUT2D eigenvalue weighted by atomic mass is 9.90. The zero-order valence-electron chi connectivity index (χ0n) is 14.7. The molecule has 7 nitrogen and oxygen atoms in total. The standard InChI is InChI=1S/C19H14N2O5/c1-19(25)13-6-15-16-10(4-9-5-11(22)2-3-14(9)20-16)7-21(15)17(23)12(13)8-26-18(19)24/h2-6,22,25H,7-8H2,1H3/t19-/m0/s1/i4T. The third-order valence-corrected chi connectivity index (χ3v) is 5.01. The lowest BCUT2D eigenvalue weighted by Gasteiger charge is -2.29. The number of pyridine rings is 2. The number of aromatic hydroxyl groups is 1. The van der Waals surface area contributed by atoms with Crippen molar-refractivity contribution in [3.05, 3.63) is 57.4 Å². The van der Waals surface area contributed by atoms with Crippen molar-refractivity contribution in [1.82, 2.24) is 9.55 Å². The van der Waals surface area contributed by atoms with Gasteiger partial charge in [-0.1, -0.05) is 0 Å². The Morgan fingerprint density at radius 1 is 1.35 bits per heavy atom. The number of phenols is 1. The molecule has 26 heavy (non-hydrogen) atoms. The molecular weight excluding hydrogens is 336 g/mol. The van der Waals surface area contributed by atoms with Crippen LogP contribution in [0.1, 0.15) is 25.0 Å². The van der Waals surface area contributed by atoms with E-state index in [1.165, 1.54) is 23.6 Å². The molecular formula is C19H14N2O5. The fourth-order valence-corrected chi connectivity index (χ4v) is 3.62. The van der Waals surface area contributed by atoms with Crippen LogP contribution in [0.5, 0.6) is 5.75 Å². The molecule has 0 fully saturated rings. The van der Waals surface area contributed by atoms with Gasteiger partial charge < -0.3 is 19.5 Å². The quantitative estimate of drug-likeness (QED) is 0.464. The highest BCUT2D eigenvalue weighted by Gasteiger charge is 2.42. The monoisotopic (exact) mass is 352 g/mol. The Labute approximate surface area is 148 Å². The van der Waals surface area contributed by atoms with E-state index in [4.69, 9.17) is 6.11 Å². The Kier molecular flexibility index (Phi) is 2.54. The van der Waals surface area contributed by atoms with Gasteiger partial charge in [0.2, 0.25) is 0 Å². The second-order valence-corrected chi connectivity index (χ2v) is 6.73. The number of phenolic OH excluding ortho intramolecular Hbond substituents is 1. The minimum atomic E-state index is -1.92. The summed E-state index contributed by atoms with van der Waals surface area (Å²) in [5.41, 5.74) is 0.129. The molecule has 4 heterocycles. The summed E-state index contributed by atoms with van der Waals surface area (Å²) in [7, 11) is 0. The molecule has 2 aliphatic heterocycles. The van der Waals surface area contributed by atoms with Gasteiger partial charge in [0.05, 0.1) is 30.4 Å². The molecule has 0 spiro atoms. The van der Waals surface area contributed by atoms with Crippen molar-refractivity contribution in [1.29, 1.82) is 0 Å². The predicted octanol–water partition coefficient (Wildman–Crippen LogP) is 1.40. The first-order valence-electron chi connectivity index (χ1n) is 8.58. The second kappa shape index (κ2) is 4.70. The smallest absolute Gasteiger partial charge is 0.342 e. The van der Waals surface area contributed by atoms with Gasteiger partial charge in [0.25, 0.3) is 5.56 Å². The van der Waals surface area contributed by atoms with E-state index < -0.39 is 11.6 Å². The number of aromatic nitrogens is 2. The maximum absolute atomic E-state index is 13.0. The van der Waals surface area contributed by atoms with Crippen LogP contribution >= 0.6 is 0 Å². The molecule has 0 radical (unpaired) electrons. The number of aliphatic hydroxyl groups is 1. The lowest BCUT2D eigenvalue weighted by molar-refractivity contribution is -0.169. The summed E-state index contributed by atoms with van der Waals surface area (Å²) in [6, 6.07) is 6.33. The van der Waals surface area contributed by atoms with Crippen LogP contribution in [0.25, 0.3) is 22.3 Å². The maximum atomic E-state index is 13.0. The highest BCUT2D eigenvalue weighted by molar-refractivity contribution is 5.86. The maximum Gasteiger partial charge on any atom is 0.342 e. The van der Waals surface area contributed by atoms with E-state index >= 15 is 0 Å². The first-order chi connectivity index (χ1) is 12.8. The summed E-state index contributed by atoms with van der Waals surface area (Å²) in [5.74, 6) is -0.770. The summed E-state index contributed by atoms with van der Waals surface area (Å²) in [6.45, 7) is 1.26. The first kappa shape index (κ1) is 14.0. The molecule has 3 aromatic rings. The van der Waals surface area contributed by atoms with Crippen molar-refractivity contribution < 1.29 is 21.1 Å². The Morgan fingerprint density at radius 2 is 2.15 bits per heavy atom. The number of nitrogens with zero attached hydrogens (tertiary/aromatic N) is 2. The largest absolute Gasteiger partial charge is 0.508 e. The minimum Gasteiger partial charge on any atom is -0.508 e. The molecule has 5 rings (SSSR count). The highest BCUT2D eigenvalue weighted by atomic mass is 16.6. The lowest BCUT2D eigenvalue weighted by Crippen LogP contribution is -2.42. The summed E-state index contributed by atoms with van der Waals surface area (Å²) in [4.78, 5) is 29.5. The second-order valence-electron chi connectivity index (χ2n) is 6.73. The van der Waals surface area contributed by atoms with E-state index in [0.29, 0.717) is 27.9 Å². The van der Waals surface area contributed by atoms with Crippen LogP contribution in [0.4, 0.5) is 0 Å². The first-order valence-corrected chi connectivity index (χ1v) is 8.08. The molecule has 1 atom stereocenters. The Hall–Kier alpha value is -3.19. The summed E-state index contributed by atoms with van der Waals surface area (Å²) in [6.07, 6.45) is 0. The van der Waals surface area contributed by atoms with Crippen molar-refractivity contribution in [3.8, 4) is 17.1 Å². The Morgan fingerprint density at radius 3 is 2.96 bits per heavy atom. The van der Waals surface area contributed by atoms with Gasteiger partial charge in [-0.15, -0.1) is 0 Å². The highest BCUT2D eigenvalue weighted by Crippen LogP contribution is 2.37. The predicted molar refractivity (Wildman–Crippen MR) is 91.6 cm³/mol. The summed E-state index contributed by atoms with van der Waals surface area (Å²) < 4.78 is 14.9. The van der Waals surface area contributed by atoms with E-state index in [-0.39, 0.29) is 41.6 Å². The van der Waals surface area contributed by atoms with E-state index in [2.05, 4.69) is 4.98 Å². The van der Waals surface area contributed by atoms with Crippen LogP contribution in [-0.4, -0.2) is 25.7 Å². The van der Waals surface area contributed by atoms with Crippen LogP contribution in [0, 0.1) is 0 Å². The summed E-state index contributed by atoms with van der Waals surface area (Å²) in [5, 5.41) is 20.7. The molecule has 0 amide bonds. The Balaban J connectivity index is 1.84. The SMILES string of the molecule is [3H]c1c2c(nc3ccc(O)cc13)-c1cc3c(c(=O)n1C2)COC(=O)[C@@]3(C)O. The van der Waals surface area contributed by atoms with Gasteiger partial charge in [0.15, 0.2) is 5.60 Å². The molecule has 0 aliphatic carbocycles. The third kappa shape index (κ3) is 1.83. The molecule has 0 saturated heterocycles. The number of benzene rings is 1. The number of ether oxygens (including phenoxy) is 1. The molecule has 0 saturated carbocycles. The van der Waals surface area contributed by atoms with Gasteiger partial charge >= 0.3 is 5.97 Å². The number of hydrogen-bond donors (Lipinski definition) is 2. The van der Waals surface area contributed by atoms with Crippen LogP contribution in [-0.2, 0) is 28.3 Å². The van der Waals surface area contributed by atoms with E-state index in [1.54, 1.807) is 12.1 Å². The number of hydrogen-bond acceptors (Lipinski definition) is 6. The normalized spacial score (nSPS) is 21.0. The molecule has 2 aliphatic rings. The average Bonchev–Trinajstić information content (AvgIpc) is 2.99. The van der Waals surface area contributed by atoms with Crippen molar-refractivity contribution >= 4 is 16.9 Å². The van der Waals surface area contributed by atoms with Gasteiger partial charge in [-0.3, -0.25) is 4.79 Å². The number of rotatable bonds is 0. The third-order valence-electron chi connectivity index (χ3n) is 5.01. The molecule has 7 heteroatoms. The molecule has 2 aromatic heterocycles. The number of cyclic esters (lactones) is 1. The van der Waals surface area contributed by atoms with E-state index in [9.17, 15) is 19.8 Å². The van der Waals surface area contributed by atoms with E-state index in [1.807, 2.05) is 0 Å². The zero-order valence-corrected chi connectivity index (χ0v) is 13.7. The molecule has 130 valence electrons. The molecule has 0 unspecified atom stereocenters. The van der Waals surface area contributed by atoms with Gasteiger partial charge in [0.1, 0.15) is 12.4 Å². The molecule has 1 aromatic carbocycles. The van der Waals surface area contributed by atoms with Gasteiger partial charge in [-0.25, -0.2) is 9.78 Å². The number of esters is 1. The Bertz CT molecular complexity index is 1250. The fourth-order valence-electron chi connectivity index (χ4n) is 3.62. The van der Waals surface area contributed by atoms with Gasteiger partial charge in [0, 0.05) is 16.5 Å². The van der Waals surface area contributed by atoms with Crippen molar-refractivity contribution in [3.63, 3.8) is 0 Å². The number of carbonyl (C=O) groups excluding carboxylic acids is 1. The molecule has 2 N–H and O–H groups in total. The van der Waals surface area contributed by atoms with Crippen molar-refractivity contribution in [2.45, 2.75) is 25.7 Å². The zero-order chi connectivity index (χ0) is 19.1. The number of carbonyl (C=O) groups is 1. The minimum absolute atomic E-state index is 0.0348. The fraction of sp³-hybridized carbons (Fsp3) is 0.211. The van der Waals surface area contributed by atoms with Gasteiger partial charge in [-0.05, 0) is 37.2 Å². The van der Waals surface area contributed by atoms with Crippen LogP contribution in [0.3, 0.4) is 0 Å². The average molecular weight is 352 g/mol. The van der Waals surface area contributed by atoms with Crippen LogP contribution in [0.2, 0.25) is 0 Å². The molecule has 0 bridgehead atoms.